The Morgan fingerprint density at radius 3 is 1.00 bits per heavy atom. The van der Waals surface area contributed by atoms with E-state index in [1.54, 1.807) is 0 Å². The van der Waals surface area contributed by atoms with Crippen LogP contribution in [0.4, 0.5) is 0 Å². The van der Waals surface area contributed by atoms with Crippen molar-refractivity contribution in [1.82, 2.24) is 0 Å². The van der Waals surface area contributed by atoms with E-state index < -0.39 is 0 Å². The molecule has 17 heavy (non-hydrogen) atoms. The molecule has 0 aromatic heterocycles. The van der Waals surface area contributed by atoms with Crippen LogP contribution in [0.3, 0.4) is 0 Å². The molecule has 1 aromatic carbocycles. The van der Waals surface area contributed by atoms with Crippen molar-refractivity contribution in [1.29, 1.82) is 11.1 Å². The highest BCUT2D eigenvalue weighted by Gasteiger charge is 1.57. The third-order valence-corrected chi connectivity index (χ3v) is 0.915. The zero-order chi connectivity index (χ0) is 12.5. The van der Waals surface area contributed by atoms with Gasteiger partial charge in [0, 0.05) is 0 Å². The Morgan fingerprint density at radius 2 is 0.941 bits per heavy atom. The lowest BCUT2D eigenvalue weighted by Crippen LogP contribution is -1.75. The van der Waals surface area contributed by atoms with E-state index in [2.05, 4.69) is 32.1 Å². The van der Waals surface area contributed by atoms with Gasteiger partial charge in [0.1, 0.15) is 0 Å². The van der Waals surface area contributed by atoms with Gasteiger partial charge < -0.3 is 11.7 Å². The average molecular weight is 256 g/mol. The van der Waals surface area contributed by atoms with Gasteiger partial charge >= 0.3 is 0 Å². The Morgan fingerprint density at radius 1 is 0.706 bits per heavy atom. The molecule has 0 saturated carbocycles. The number of hydrogen-bond acceptors (Lipinski definition) is 6. The van der Waals surface area contributed by atoms with E-state index in [9.17, 15) is 0 Å². The minimum Gasteiger partial charge on any atom is -0.322 e. The molecule has 0 spiro atoms. The second-order valence-electron chi connectivity index (χ2n) is 1.94. The van der Waals surface area contributed by atoms with Crippen LogP contribution in [0.2, 0.25) is 0 Å². The molecular weight excluding hydrogens is 239 g/mol. The fourth-order valence-corrected chi connectivity index (χ4v) is 0.452. The molecule has 0 bridgehead atoms. The van der Waals surface area contributed by atoms with Gasteiger partial charge in [0.15, 0.2) is 12.7 Å². The monoisotopic (exact) mass is 256 g/mol. The standard InChI is InChI=1S/C6H6.2CH4N4.H3P/c1-2-4-6-5-3-1;2*2-4-1-5-3;/h1-6H;2*1-2H,3H2;1H3. The smallest absolute Gasteiger partial charge is 0.156 e. The van der Waals surface area contributed by atoms with E-state index in [0.717, 1.165) is 12.7 Å². The summed E-state index contributed by atoms with van der Waals surface area (Å²) in [5.41, 5.74) is 12.0. The van der Waals surface area contributed by atoms with Gasteiger partial charge in [0.2, 0.25) is 0 Å². The fourth-order valence-electron chi connectivity index (χ4n) is 0.452. The third kappa shape index (κ3) is 31.6. The molecular formula is C8H17N8P. The number of rotatable bonds is 2. The van der Waals surface area contributed by atoms with Crippen molar-refractivity contribution in [3.63, 3.8) is 0 Å². The van der Waals surface area contributed by atoms with Gasteiger partial charge in [-0.25, -0.2) is 11.1 Å². The summed E-state index contributed by atoms with van der Waals surface area (Å²) in [6.45, 7) is 0. The van der Waals surface area contributed by atoms with E-state index in [1.807, 2.05) is 36.4 Å². The molecule has 0 aliphatic carbocycles. The van der Waals surface area contributed by atoms with Crippen LogP contribution in [0.15, 0.2) is 56.8 Å². The summed E-state index contributed by atoms with van der Waals surface area (Å²) in [6.07, 6.45) is 1.89. The summed E-state index contributed by atoms with van der Waals surface area (Å²) in [5, 5.41) is 11.1. The maximum atomic E-state index is 6.00. The summed E-state index contributed by atoms with van der Waals surface area (Å²) in [5.74, 6) is 8.99. The SMILES string of the molecule is N=NC=NN.N=NC=NN.P.c1ccccc1. The first-order valence-electron chi connectivity index (χ1n) is 4.00. The van der Waals surface area contributed by atoms with Crippen molar-refractivity contribution in [2.75, 3.05) is 0 Å². The molecule has 0 aliphatic rings. The first-order chi connectivity index (χ1) is 7.83. The minimum absolute atomic E-state index is 0. The average Bonchev–Trinajstić information content (AvgIpc) is 2.35. The molecule has 9 heteroatoms. The molecule has 0 fully saturated rings. The highest BCUT2D eigenvalue weighted by Crippen LogP contribution is 1.79. The molecule has 0 saturated heterocycles. The van der Waals surface area contributed by atoms with Gasteiger partial charge in [-0.3, -0.25) is 0 Å². The van der Waals surface area contributed by atoms with E-state index in [1.165, 1.54) is 0 Å². The van der Waals surface area contributed by atoms with Crippen LogP contribution in [0.5, 0.6) is 0 Å². The molecule has 0 aliphatic heterocycles. The number of hydrazone groups is 2. The molecule has 0 amide bonds. The van der Waals surface area contributed by atoms with Crippen molar-refractivity contribution >= 4 is 22.6 Å². The molecule has 94 valence electrons. The molecule has 1 atom stereocenters. The van der Waals surface area contributed by atoms with Crippen LogP contribution in [-0.2, 0) is 0 Å². The van der Waals surface area contributed by atoms with Gasteiger partial charge in [-0.2, -0.15) is 20.1 Å². The van der Waals surface area contributed by atoms with E-state index in [4.69, 9.17) is 11.1 Å². The van der Waals surface area contributed by atoms with Crippen LogP contribution in [0.25, 0.3) is 0 Å². The van der Waals surface area contributed by atoms with Gasteiger partial charge in [-0.15, -0.1) is 10.2 Å². The highest BCUT2D eigenvalue weighted by molar-refractivity contribution is 6.92. The predicted octanol–water partition coefficient (Wildman–Crippen LogP) is 1.58. The number of benzene rings is 1. The zero-order valence-corrected chi connectivity index (χ0v) is 10.7. The number of hydrogen-bond donors (Lipinski definition) is 4. The van der Waals surface area contributed by atoms with Crippen molar-refractivity contribution in [2.24, 2.45) is 32.1 Å². The van der Waals surface area contributed by atoms with Crippen LogP contribution in [-0.4, -0.2) is 12.7 Å². The molecule has 1 rings (SSSR count). The summed E-state index contributed by atoms with van der Waals surface area (Å²) in [7, 11) is 0. The van der Waals surface area contributed by atoms with Crippen LogP contribution < -0.4 is 11.7 Å². The number of nitrogens with zero attached hydrogens (tertiary/aromatic N) is 4. The summed E-state index contributed by atoms with van der Waals surface area (Å²) < 4.78 is 0. The second-order valence-corrected chi connectivity index (χ2v) is 1.94. The summed E-state index contributed by atoms with van der Waals surface area (Å²) >= 11 is 0. The van der Waals surface area contributed by atoms with Crippen molar-refractivity contribution in [3.8, 4) is 0 Å². The van der Waals surface area contributed by atoms with E-state index >= 15 is 0 Å². The minimum atomic E-state index is 0. The van der Waals surface area contributed by atoms with Crippen LogP contribution >= 0.6 is 9.90 Å². The second kappa shape index (κ2) is 23.5. The largest absolute Gasteiger partial charge is 0.322 e. The van der Waals surface area contributed by atoms with Gasteiger partial charge in [-0.05, 0) is 0 Å². The summed E-state index contributed by atoms with van der Waals surface area (Å²) in [6, 6.07) is 12.0. The lowest BCUT2D eigenvalue weighted by molar-refractivity contribution is 1.17. The topological polar surface area (TPSA) is 149 Å². The summed E-state index contributed by atoms with van der Waals surface area (Å²) in [4.78, 5) is 0. The van der Waals surface area contributed by atoms with E-state index in [-0.39, 0.29) is 9.90 Å². The van der Waals surface area contributed by atoms with Crippen molar-refractivity contribution in [3.05, 3.63) is 36.4 Å². The lowest BCUT2D eigenvalue weighted by atomic mass is 10.4. The van der Waals surface area contributed by atoms with Gasteiger partial charge in [-0.1, -0.05) is 36.4 Å². The zero-order valence-electron chi connectivity index (χ0n) is 9.27. The Kier molecular flexibility index (Phi) is 28.0. The van der Waals surface area contributed by atoms with Crippen molar-refractivity contribution < 1.29 is 0 Å². The molecule has 8 nitrogen and oxygen atoms in total. The molecule has 1 unspecified atom stereocenters. The molecule has 0 heterocycles. The molecule has 6 N–H and O–H groups in total. The predicted molar refractivity (Wildman–Crippen MR) is 73.2 cm³/mol. The highest BCUT2D eigenvalue weighted by atomic mass is 31.0. The molecule has 1 aromatic rings. The normalized spacial score (nSPS) is 8.00. The quantitative estimate of drug-likeness (QED) is 0.159. The number of nitrogens with two attached hydrogens (primary N) is 2. The fraction of sp³-hybridized carbons (Fsp3) is 0. The Bertz CT molecular complexity index is 257. The maximum Gasteiger partial charge on any atom is 0.156 e. The Labute approximate surface area is 103 Å². The lowest BCUT2D eigenvalue weighted by Gasteiger charge is -1.69. The number of nitrogens with one attached hydrogen (secondary N) is 2. The maximum absolute atomic E-state index is 6.00. The van der Waals surface area contributed by atoms with Crippen molar-refractivity contribution in [2.45, 2.75) is 0 Å². The Balaban J connectivity index is -0.000000170. The van der Waals surface area contributed by atoms with Crippen LogP contribution in [0, 0.1) is 11.1 Å². The van der Waals surface area contributed by atoms with Crippen LogP contribution in [0.1, 0.15) is 0 Å². The van der Waals surface area contributed by atoms with Gasteiger partial charge in [0.05, 0.1) is 0 Å². The first-order valence-corrected chi connectivity index (χ1v) is 4.00. The first kappa shape index (κ1) is 20.2. The molecule has 0 radical (unpaired) electrons. The third-order valence-electron chi connectivity index (χ3n) is 0.915. The Hall–Kier alpha value is -2.21. The van der Waals surface area contributed by atoms with Gasteiger partial charge in [0.25, 0.3) is 0 Å². The van der Waals surface area contributed by atoms with E-state index in [0.29, 0.717) is 0 Å².